The normalized spacial score (nSPS) is 9.26. The van der Waals surface area contributed by atoms with Gasteiger partial charge in [-0.3, -0.25) is 9.59 Å². The Morgan fingerprint density at radius 2 is 0.864 bits per heavy atom. The van der Waals surface area contributed by atoms with Gasteiger partial charge in [0.25, 0.3) is 0 Å². The first-order chi connectivity index (χ1) is 39.3. The number of ether oxygens (including phenoxy) is 8. The van der Waals surface area contributed by atoms with Crippen molar-refractivity contribution in [3.05, 3.63) is 138 Å². The maximum atomic E-state index is 13.8. The van der Waals surface area contributed by atoms with E-state index in [0.29, 0.717) is 23.0 Å². The Kier molecular flexibility index (Phi) is 52.8. The van der Waals surface area contributed by atoms with Crippen LogP contribution in [0.4, 0.5) is 4.79 Å². The van der Waals surface area contributed by atoms with Crippen molar-refractivity contribution in [2.45, 2.75) is 48.1 Å². The first-order valence-corrected chi connectivity index (χ1v) is 25.3. The zero-order chi connectivity index (χ0) is 63.2. The van der Waals surface area contributed by atoms with Crippen molar-refractivity contribution in [1.82, 2.24) is 25.3 Å². The van der Waals surface area contributed by atoms with E-state index in [1.807, 2.05) is 97.9 Å². The predicted octanol–water partition coefficient (Wildman–Crippen LogP) is -0.0441. The van der Waals surface area contributed by atoms with E-state index in [-0.39, 0.29) is 120 Å². The van der Waals surface area contributed by atoms with Crippen molar-refractivity contribution in [1.29, 1.82) is 0 Å². The molecular formula is C53H63Cl3N5Na2O24P. The van der Waals surface area contributed by atoms with Crippen LogP contribution in [0.1, 0.15) is 69.2 Å². The molecule has 0 fully saturated rings. The Labute approximate surface area is 565 Å². The molecule has 2 N–H and O–H groups in total. The van der Waals surface area contributed by atoms with Crippen LogP contribution in [0.5, 0.6) is 23.8 Å². The molecule has 0 bridgehead atoms. The van der Waals surface area contributed by atoms with Crippen molar-refractivity contribution in [2.24, 2.45) is 0 Å². The molecule has 35 heteroatoms. The van der Waals surface area contributed by atoms with Gasteiger partial charge in [-0.1, -0.05) is 98.4 Å². The van der Waals surface area contributed by atoms with Crippen LogP contribution in [-0.4, -0.2) is 135 Å². The minimum absolute atomic E-state index is 0. The number of carboxylic acids is 1. The molecule has 472 valence electrons. The third kappa shape index (κ3) is 32.6. The summed E-state index contributed by atoms with van der Waals surface area (Å²) in [6, 6.07) is 28.3. The molecule has 0 radical (unpaired) electrons. The first kappa shape index (κ1) is 91.8. The van der Waals surface area contributed by atoms with E-state index in [9.17, 15) is 38.4 Å². The average Bonchev–Trinajstić information content (AvgIpc) is 1.49. The number of nitrogens with zero attached hydrogens (tertiary/aromatic N) is 4. The van der Waals surface area contributed by atoms with Gasteiger partial charge in [-0.2, -0.15) is 9.59 Å². The van der Waals surface area contributed by atoms with Crippen LogP contribution >= 0.6 is 42.8 Å². The number of rotatable bonds is 12. The number of carboxylic acid groups (broad SMARTS) is 1. The van der Waals surface area contributed by atoms with Crippen LogP contribution in [0.2, 0.25) is 0 Å². The standard InChI is InChI=1S/C18H15OP.C7H11NO5.2C7H9NO4.C6H7NO4.C5H7NO2.CCl2O.CO2.CH4.ClH.2Na.H2O/c19-20(16-10-4-1-5-11-16,17-12-6-2-7-13-17)18-14-8-3-9-15-18;1-4(6(10)12-2)8-5(9)7(11)13-3;2*1-4-7(11-3)12-5(8-4)6(9)10-2;1-3-6(10-2)11-4(7-3)5(8)9;1-4-5(7-2)8-3-6-4;2-1(3)4;2-1-3;;;;;/h1-15H;4H,1-3H3,(H,8,9);2*1-3H3;1-2H3,(H,8,9);3H,1-2H3;;;1H4;1H;;;1H2/q;;;;;;;;;;2*+1;/p-2. The quantitative estimate of drug-likeness (QED) is 0.0419. The van der Waals surface area contributed by atoms with Gasteiger partial charge < -0.3 is 80.8 Å². The number of aromatic carboxylic acids is 1. The molecule has 88 heavy (non-hydrogen) atoms. The summed E-state index contributed by atoms with van der Waals surface area (Å²) < 4.78 is 68.4. The van der Waals surface area contributed by atoms with E-state index < -0.39 is 59.5 Å². The summed E-state index contributed by atoms with van der Waals surface area (Å²) >= 11 is 8.80. The third-order valence-electron chi connectivity index (χ3n) is 9.23. The fourth-order valence-electron chi connectivity index (χ4n) is 5.58. The van der Waals surface area contributed by atoms with Crippen LogP contribution < -0.4 is 104 Å². The second-order valence-corrected chi connectivity index (χ2v) is 18.3. The number of halogens is 3. The molecular weight excluding hydrogens is 1270 g/mol. The monoisotopic (exact) mass is 1340 g/mol. The Balaban J connectivity index is -0.000000226. The van der Waals surface area contributed by atoms with Gasteiger partial charge in [-0.15, -0.1) is 12.4 Å². The molecule has 7 rings (SSSR count). The molecule has 0 spiro atoms. The summed E-state index contributed by atoms with van der Waals surface area (Å²) in [6.07, 6.45) is 1.61. The number of hydrogen-bond donors (Lipinski definition) is 1. The minimum Gasteiger partial charge on any atom is -0.870 e. The maximum absolute atomic E-state index is 13.8. The largest absolute Gasteiger partial charge is 1.00 e. The molecule has 7 aromatic rings. The average molecular weight is 1340 g/mol. The second kappa shape index (κ2) is 50.6. The predicted molar refractivity (Wildman–Crippen MR) is 304 cm³/mol. The summed E-state index contributed by atoms with van der Waals surface area (Å²) in [5.41, 5.74) is 2.23. The van der Waals surface area contributed by atoms with Gasteiger partial charge in [0.2, 0.25) is 5.89 Å². The first-order valence-electron chi connectivity index (χ1n) is 22.8. The SMILES string of the molecule is C.COC(=O)C(=O)NC(C)C(=O)OC.COC(=O)c1nc(C)c(OC)o1.COC(=O)c1nc(C)c(OC)o1.COc1oc(C(=O)[O-])nc1C.COc1ocnc1C.Cl.O=C(Cl)Cl.O=C=O.O=P(c1ccccc1)(c1ccccc1)c1ccccc1.[Na+].[Na+].[OH-]. The Hall–Kier alpha value is -7.37. The van der Waals surface area contributed by atoms with Crippen LogP contribution in [0.3, 0.4) is 0 Å². The minimum atomic E-state index is -2.78. The number of methoxy groups -OCH3 is 8. The summed E-state index contributed by atoms with van der Waals surface area (Å²) in [5, 5.41) is 14.9. The molecule has 1 unspecified atom stereocenters. The maximum Gasteiger partial charge on any atom is 1.00 e. The molecule has 4 aromatic heterocycles. The van der Waals surface area contributed by atoms with Crippen molar-refractivity contribution < 1.29 is 173 Å². The molecule has 0 saturated carbocycles. The number of carbonyl (C=O) groups excluding carboxylic acids is 9. The summed E-state index contributed by atoms with van der Waals surface area (Å²) in [5.74, 6) is -4.90. The molecule has 0 aliphatic carbocycles. The van der Waals surface area contributed by atoms with E-state index in [2.05, 4.69) is 76.6 Å². The number of oxazole rings is 4. The molecule has 4 heterocycles. The van der Waals surface area contributed by atoms with Crippen molar-refractivity contribution in [2.75, 3.05) is 56.9 Å². The number of hydrogen-bond acceptors (Lipinski definition) is 28. The number of esters is 4. The number of aromatic nitrogens is 4. The van der Waals surface area contributed by atoms with Gasteiger partial charge >= 0.3 is 135 Å². The van der Waals surface area contributed by atoms with Crippen molar-refractivity contribution >= 4 is 105 Å². The van der Waals surface area contributed by atoms with Gasteiger partial charge in [0, 0.05) is 15.9 Å². The molecule has 0 aliphatic heterocycles. The fourth-order valence-corrected chi connectivity index (χ4v) is 8.25. The number of aryl methyl sites for hydroxylation is 4. The van der Waals surface area contributed by atoms with Crippen molar-refractivity contribution in [3.63, 3.8) is 0 Å². The van der Waals surface area contributed by atoms with Gasteiger partial charge in [0.1, 0.15) is 34.8 Å². The number of benzene rings is 3. The van der Waals surface area contributed by atoms with Gasteiger partial charge in [-0.25, -0.2) is 39.1 Å². The second-order valence-electron chi connectivity index (χ2n) is 14.6. The summed E-state index contributed by atoms with van der Waals surface area (Å²) in [7, 11) is 7.79. The third-order valence-corrected chi connectivity index (χ3v) is 12.3. The van der Waals surface area contributed by atoms with E-state index in [4.69, 9.17) is 41.8 Å². The molecule has 1 atom stereocenters. The fraction of sp³-hybridized carbons (Fsp3) is 0.283. The Morgan fingerprint density at radius 3 is 1.08 bits per heavy atom. The molecule has 0 aliphatic rings. The zero-order valence-electron chi connectivity index (χ0n) is 49.6. The summed E-state index contributed by atoms with van der Waals surface area (Å²) in [4.78, 5) is 104. The van der Waals surface area contributed by atoms with Gasteiger partial charge in [-0.05, 0) is 57.8 Å². The Morgan fingerprint density at radius 1 is 0.557 bits per heavy atom. The number of carbonyl (C=O) groups is 7. The smallest absolute Gasteiger partial charge is 0.870 e. The molecule has 1 amide bonds. The number of nitrogens with one attached hydrogen (secondary N) is 1. The van der Waals surface area contributed by atoms with E-state index >= 15 is 0 Å². The van der Waals surface area contributed by atoms with Crippen LogP contribution in [0.15, 0.2) is 115 Å². The van der Waals surface area contributed by atoms with E-state index in [0.717, 1.165) is 28.7 Å². The van der Waals surface area contributed by atoms with Crippen LogP contribution in [0, 0.1) is 27.7 Å². The molecule has 29 nitrogen and oxygen atoms in total. The van der Waals surface area contributed by atoms with Crippen LogP contribution in [0.25, 0.3) is 0 Å². The summed E-state index contributed by atoms with van der Waals surface area (Å²) in [6.45, 7) is 8.15. The Bertz CT molecular complexity index is 3050. The van der Waals surface area contributed by atoms with Crippen LogP contribution in [-0.2, 0) is 47.5 Å². The van der Waals surface area contributed by atoms with E-state index in [1.54, 1.807) is 27.9 Å². The zero-order valence-corrected chi connectivity index (χ0v) is 56.8. The topological polar surface area (TPSA) is 414 Å². The van der Waals surface area contributed by atoms with E-state index in [1.165, 1.54) is 56.0 Å². The molecule has 0 saturated heterocycles. The van der Waals surface area contributed by atoms with Gasteiger partial charge in [0.15, 0.2) is 13.5 Å². The molecule has 3 aromatic carbocycles. The van der Waals surface area contributed by atoms with Gasteiger partial charge in [0.05, 0.1) is 56.9 Å². The number of amides is 1. The van der Waals surface area contributed by atoms with Crippen molar-refractivity contribution in [3.8, 4) is 23.8 Å².